The van der Waals surface area contributed by atoms with Crippen LogP contribution in [0.15, 0.2) is 0 Å². The van der Waals surface area contributed by atoms with Crippen molar-refractivity contribution in [2.75, 3.05) is 0 Å². The van der Waals surface area contributed by atoms with Crippen LogP contribution in [0, 0.1) is 0 Å². The molecule has 1 N–H and O–H groups in total. The van der Waals surface area contributed by atoms with E-state index in [1.54, 1.807) is 0 Å². The molecule has 1 aliphatic carbocycles. The minimum atomic E-state index is -0.222. The Bertz CT molecular complexity index is 132. The summed E-state index contributed by atoms with van der Waals surface area (Å²) in [4.78, 5) is 10.4. The fraction of sp³-hybridized carbons (Fsp3) is 0.857. The van der Waals surface area contributed by atoms with Crippen molar-refractivity contribution in [1.29, 1.82) is 0 Å². The summed E-state index contributed by atoms with van der Waals surface area (Å²) >= 11 is 0. The van der Waals surface area contributed by atoms with Gasteiger partial charge >= 0.3 is 5.97 Å². The molecule has 0 amide bonds. The molecule has 0 aliphatic heterocycles. The van der Waals surface area contributed by atoms with Gasteiger partial charge in [0.05, 0.1) is 0 Å². The van der Waals surface area contributed by atoms with Gasteiger partial charge in [-0.3, -0.25) is 10.1 Å². The van der Waals surface area contributed by atoms with Gasteiger partial charge in [-0.25, -0.2) is 0 Å². The highest BCUT2D eigenvalue weighted by Crippen LogP contribution is 2.19. The highest BCUT2D eigenvalue weighted by molar-refractivity contribution is 5.66. The summed E-state index contributed by atoms with van der Waals surface area (Å²) < 4.78 is 4.85. The number of hydrogen-bond acceptors (Lipinski definition) is 3. The number of hydrogen-bond donors (Lipinski definition) is 1. The second kappa shape index (κ2) is 3.01. The lowest BCUT2D eigenvalue weighted by molar-refractivity contribution is -0.146. The number of rotatable bonds is 3. The molecule has 0 aromatic heterocycles. The zero-order valence-electron chi connectivity index (χ0n) is 6.39. The number of esters is 1. The van der Waals surface area contributed by atoms with Crippen LogP contribution in [0.4, 0.5) is 0 Å². The van der Waals surface area contributed by atoms with Crippen molar-refractivity contribution < 1.29 is 9.53 Å². The SMILES string of the molecule is CC(=O)OC(C)NC1CC1. The van der Waals surface area contributed by atoms with E-state index >= 15 is 0 Å². The van der Waals surface area contributed by atoms with Crippen LogP contribution in [0.2, 0.25) is 0 Å². The number of carbonyl (C=O) groups is 1. The molecule has 58 valence electrons. The average molecular weight is 143 g/mol. The van der Waals surface area contributed by atoms with E-state index < -0.39 is 0 Å². The maximum atomic E-state index is 10.4. The van der Waals surface area contributed by atoms with Gasteiger partial charge in [-0.1, -0.05) is 0 Å². The van der Waals surface area contributed by atoms with Crippen LogP contribution in [0.5, 0.6) is 0 Å². The van der Waals surface area contributed by atoms with Crippen molar-refractivity contribution in [3.8, 4) is 0 Å². The van der Waals surface area contributed by atoms with Gasteiger partial charge in [-0.2, -0.15) is 0 Å². The van der Waals surface area contributed by atoms with Crippen LogP contribution in [-0.4, -0.2) is 18.2 Å². The van der Waals surface area contributed by atoms with E-state index in [0.29, 0.717) is 6.04 Å². The molecule has 3 nitrogen and oxygen atoms in total. The molecule has 1 rings (SSSR count). The topological polar surface area (TPSA) is 38.3 Å². The number of carbonyl (C=O) groups excluding carboxylic acids is 1. The minimum Gasteiger partial charge on any atom is -0.447 e. The Morgan fingerprint density at radius 3 is 2.70 bits per heavy atom. The number of nitrogens with one attached hydrogen (secondary N) is 1. The Hall–Kier alpha value is -0.570. The van der Waals surface area contributed by atoms with Gasteiger partial charge in [0, 0.05) is 13.0 Å². The van der Waals surface area contributed by atoms with Crippen LogP contribution in [0.3, 0.4) is 0 Å². The van der Waals surface area contributed by atoms with Crippen LogP contribution in [0.1, 0.15) is 26.7 Å². The normalized spacial score (nSPS) is 20.2. The smallest absolute Gasteiger partial charge is 0.304 e. The molecule has 0 radical (unpaired) electrons. The molecule has 0 saturated heterocycles. The highest BCUT2D eigenvalue weighted by Gasteiger charge is 2.23. The fourth-order valence-electron chi connectivity index (χ4n) is 0.865. The summed E-state index contributed by atoms with van der Waals surface area (Å²) in [6.07, 6.45) is 2.31. The first-order valence-electron chi connectivity index (χ1n) is 3.62. The summed E-state index contributed by atoms with van der Waals surface area (Å²) in [7, 11) is 0. The Morgan fingerprint density at radius 1 is 1.70 bits per heavy atom. The first kappa shape index (κ1) is 7.54. The van der Waals surface area contributed by atoms with Gasteiger partial charge in [0.15, 0.2) is 6.23 Å². The largest absolute Gasteiger partial charge is 0.447 e. The van der Waals surface area contributed by atoms with E-state index in [1.807, 2.05) is 6.92 Å². The molecule has 0 bridgehead atoms. The van der Waals surface area contributed by atoms with E-state index in [-0.39, 0.29) is 12.2 Å². The predicted molar refractivity (Wildman–Crippen MR) is 37.4 cm³/mol. The predicted octanol–water partition coefficient (Wildman–Crippen LogP) is 0.647. The standard InChI is InChI=1S/C7H13NO2/c1-5(10-6(2)9)8-7-3-4-7/h5,7-8H,3-4H2,1-2H3. The Morgan fingerprint density at radius 2 is 2.30 bits per heavy atom. The second-order valence-electron chi connectivity index (χ2n) is 2.69. The lowest BCUT2D eigenvalue weighted by atomic mass is 10.6. The average Bonchev–Trinajstić information content (AvgIpc) is 2.46. The van der Waals surface area contributed by atoms with E-state index in [0.717, 1.165) is 0 Å². The Labute approximate surface area is 60.7 Å². The molecule has 0 aromatic carbocycles. The molecule has 1 unspecified atom stereocenters. The van der Waals surface area contributed by atoms with Crippen molar-refractivity contribution in [1.82, 2.24) is 5.32 Å². The second-order valence-corrected chi connectivity index (χ2v) is 2.69. The van der Waals surface area contributed by atoms with E-state index in [4.69, 9.17) is 4.74 Å². The molecule has 10 heavy (non-hydrogen) atoms. The number of ether oxygens (including phenoxy) is 1. The summed E-state index contributed by atoms with van der Waals surface area (Å²) in [6.45, 7) is 3.27. The molecule has 1 aliphatic rings. The van der Waals surface area contributed by atoms with E-state index in [2.05, 4.69) is 5.32 Å². The molecule has 0 aromatic rings. The fourth-order valence-corrected chi connectivity index (χ4v) is 0.865. The zero-order valence-corrected chi connectivity index (χ0v) is 6.39. The van der Waals surface area contributed by atoms with Crippen LogP contribution in [0.25, 0.3) is 0 Å². The van der Waals surface area contributed by atoms with Gasteiger partial charge in [0.25, 0.3) is 0 Å². The van der Waals surface area contributed by atoms with Gasteiger partial charge < -0.3 is 4.74 Å². The summed E-state index contributed by atoms with van der Waals surface area (Å²) in [5.41, 5.74) is 0. The maximum Gasteiger partial charge on any atom is 0.304 e. The molecular weight excluding hydrogens is 130 g/mol. The molecule has 1 atom stereocenters. The molecule has 1 fully saturated rings. The monoisotopic (exact) mass is 143 g/mol. The van der Waals surface area contributed by atoms with Gasteiger partial charge in [-0.15, -0.1) is 0 Å². The molecule has 0 spiro atoms. The van der Waals surface area contributed by atoms with Crippen molar-refractivity contribution in [2.45, 2.75) is 39.0 Å². The van der Waals surface area contributed by atoms with Gasteiger partial charge in [-0.05, 0) is 19.8 Å². The quantitative estimate of drug-likeness (QED) is 0.465. The van der Waals surface area contributed by atoms with Crippen LogP contribution >= 0.6 is 0 Å². The molecular formula is C7H13NO2. The first-order chi connectivity index (χ1) is 4.68. The third-order valence-corrected chi connectivity index (χ3v) is 1.39. The van der Waals surface area contributed by atoms with E-state index in [1.165, 1.54) is 19.8 Å². The van der Waals surface area contributed by atoms with Crippen LogP contribution < -0.4 is 5.32 Å². The van der Waals surface area contributed by atoms with Gasteiger partial charge in [0.1, 0.15) is 0 Å². The van der Waals surface area contributed by atoms with E-state index in [9.17, 15) is 4.79 Å². The lowest BCUT2D eigenvalue weighted by Gasteiger charge is -2.12. The van der Waals surface area contributed by atoms with Crippen molar-refractivity contribution >= 4 is 5.97 Å². The third-order valence-electron chi connectivity index (χ3n) is 1.39. The third kappa shape index (κ3) is 2.82. The lowest BCUT2D eigenvalue weighted by Crippen LogP contribution is -2.31. The first-order valence-corrected chi connectivity index (χ1v) is 3.62. The molecule has 1 saturated carbocycles. The van der Waals surface area contributed by atoms with Crippen molar-refractivity contribution in [3.05, 3.63) is 0 Å². The maximum absolute atomic E-state index is 10.4. The molecule has 3 heteroatoms. The van der Waals surface area contributed by atoms with Crippen molar-refractivity contribution in [3.63, 3.8) is 0 Å². The highest BCUT2D eigenvalue weighted by atomic mass is 16.6. The zero-order chi connectivity index (χ0) is 7.56. The van der Waals surface area contributed by atoms with Gasteiger partial charge in [0.2, 0.25) is 0 Å². The minimum absolute atomic E-state index is 0.120. The Kier molecular flexibility index (Phi) is 2.27. The summed E-state index contributed by atoms with van der Waals surface area (Å²) in [5, 5.41) is 3.14. The summed E-state index contributed by atoms with van der Waals surface area (Å²) in [5.74, 6) is -0.222. The Balaban J connectivity index is 2.07. The molecule has 0 heterocycles. The van der Waals surface area contributed by atoms with Crippen LogP contribution in [-0.2, 0) is 9.53 Å². The van der Waals surface area contributed by atoms with Crippen molar-refractivity contribution in [2.24, 2.45) is 0 Å². The summed E-state index contributed by atoms with van der Waals surface area (Å²) in [6, 6.07) is 0.592.